The quantitative estimate of drug-likeness (QED) is 0.761. The second-order valence-electron chi connectivity index (χ2n) is 4.71. The van der Waals surface area contributed by atoms with Crippen molar-refractivity contribution < 1.29 is 30.0 Å². The van der Waals surface area contributed by atoms with Crippen molar-refractivity contribution in [2.24, 2.45) is 5.14 Å². The predicted molar refractivity (Wildman–Crippen MR) is 78.2 cm³/mol. The number of hydrogen-bond donors (Lipinski definition) is 2. The van der Waals surface area contributed by atoms with Crippen LogP contribution in [0.3, 0.4) is 0 Å². The molecule has 0 amide bonds. The van der Waals surface area contributed by atoms with Gasteiger partial charge in [0.25, 0.3) is 0 Å². The molecule has 0 saturated carbocycles. The van der Waals surface area contributed by atoms with Crippen LogP contribution in [0.4, 0.5) is 13.2 Å². The summed E-state index contributed by atoms with van der Waals surface area (Å²) < 4.78 is 87.6. The monoisotopic (exact) mass is 380 g/mol. The van der Waals surface area contributed by atoms with Crippen molar-refractivity contribution in [2.75, 3.05) is 0 Å². The van der Waals surface area contributed by atoms with Gasteiger partial charge in [-0.25, -0.2) is 39.9 Å². The highest BCUT2D eigenvalue weighted by molar-refractivity contribution is 7.89. The minimum absolute atomic E-state index is 0.130. The lowest BCUT2D eigenvalue weighted by Gasteiger charge is -2.09. The Kier molecular flexibility index (Phi) is 4.99. The van der Waals surface area contributed by atoms with Crippen LogP contribution < -0.4 is 9.86 Å². The molecule has 0 aliphatic heterocycles. The van der Waals surface area contributed by atoms with E-state index in [-0.39, 0.29) is 23.6 Å². The first kappa shape index (κ1) is 18.4. The zero-order valence-corrected chi connectivity index (χ0v) is 13.5. The Balaban J connectivity index is 2.21. The molecule has 6 nitrogen and oxygen atoms in total. The summed E-state index contributed by atoms with van der Waals surface area (Å²) in [5.41, 5.74) is 0.342. The third-order valence-electron chi connectivity index (χ3n) is 2.98. The van der Waals surface area contributed by atoms with E-state index in [9.17, 15) is 30.0 Å². The Hall–Kier alpha value is -1.95. The molecule has 0 saturated heterocycles. The molecule has 24 heavy (non-hydrogen) atoms. The van der Waals surface area contributed by atoms with E-state index in [1.165, 1.54) is 12.1 Å². The van der Waals surface area contributed by atoms with Crippen LogP contribution in [0, 0.1) is 17.5 Å². The van der Waals surface area contributed by atoms with Gasteiger partial charge in [0, 0.05) is 12.6 Å². The number of rotatable bonds is 5. The number of halogens is 3. The average Bonchev–Trinajstić information content (AvgIpc) is 2.48. The van der Waals surface area contributed by atoms with Crippen molar-refractivity contribution in [3.8, 4) is 0 Å². The summed E-state index contributed by atoms with van der Waals surface area (Å²) in [5.74, 6) is -4.45. The first-order valence-corrected chi connectivity index (χ1v) is 9.29. The van der Waals surface area contributed by atoms with E-state index in [4.69, 9.17) is 5.14 Å². The highest BCUT2D eigenvalue weighted by Crippen LogP contribution is 2.19. The minimum atomic E-state index is -4.44. The van der Waals surface area contributed by atoms with Crippen LogP contribution in [-0.4, -0.2) is 16.8 Å². The number of nitrogens with one attached hydrogen (secondary N) is 1. The SMILES string of the molecule is NS(=O)(=O)c1ccc(CNS(=O)(=O)c2cc(F)c(F)cc2F)cc1. The molecule has 130 valence electrons. The van der Waals surface area contributed by atoms with Crippen molar-refractivity contribution in [1.29, 1.82) is 0 Å². The largest absolute Gasteiger partial charge is 0.243 e. The van der Waals surface area contributed by atoms with Gasteiger partial charge >= 0.3 is 0 Å². The topological polar surface area (TPSA) is 106 Å². The molecule has 0 fully saturated rings. The molecule has 3 N–H and O–H groups in total. The molecular weight excluding hydrogens is 369 g/mol. The molecular formula is C13H11F3N2O4S2. The summed E-state index contributed by atoms with van der Waals surface area (Å²) in [5, 5.41) is 4.92. The van der Waals surface area contributed by atoms with Crippen LogP contribution >= 0.6 is 0 Å². The van der Waals surface area contributed by atoms with Gasteiger partial charge in [-0.2, -0.15) is 0 Å². The second-order valence-corrected chi connectivity index (χ2v) is 8.01. The molecule has 0 aliphatic rings. The lowest BCUT2D eigenvalue weighted by atomic mass is 10.2. The van der Waals surface area contributed by atoms with Crippen LogP contribution in [0.1, 0.15) is 5.56 Å². The van der Waals surface area contributed by atoms with Crippen molar-refractivity contribution >= 4 is 20.0 Å². The number of primary sulfonamides is 1. The predicted octanol–water partition coefficient (Wildman–Crippen LogP) is 1.23. The van der Waals surface area contributed by atoms with E-state index >= 15 is 0 Å². The van der Waals surface area contributed by atoms with Gasteiger partial charge in [0.05, 0.1) is 4.90 Å². The van der Waals surface area contributed by atoms with Crippen LogP contribution in [0.5, 0.6) is 0 Å². The van der Waals surface area contributed by atoms with Gasteiger partial charge in [-0.1, -0.05) is 12.1 Å². The van der Waals surface area contributed by atoms with E-state index in [0.29, 0.717) is 5.56 Å². The zero-order valence-electron chi connectivity index (χ0n) is 11.8. The first-order chi connectivity index (χ1) is 11.0. The highest BCUT2D eigenvalue weighted by Gasteiger charge is 2.22. The summed E-state index contributed by atoms with van der Waals surface area (Å²) >= 11 is 0. The van der Waals surface area contributed by atoms with Crippen LogP contribution in [0.25, 0.3) is 0 Å². The van der Waals surface area contributed by atoms with Crippen molar-refractivity contribution in [3.63, 3.8) is 0 Å². The van der Waals surface area contributed by atoms with Crippen molar-refractivity contribution in [3.05, 3.63) is 59.4 Å². The number of benzene rings is 2. The van der Waals surface area contributed by atoms with Crippen molar-refractivity contribution in [1.82, 2.24) is 4.72 Å². The third kappa shape index (κ3) is 4.12. The third-order valence-corrected chi connectivity index (χ3v) is 5.33. The zero-order chi connectivity index (χ0) is 18.1. The molecule has 0 radical (unpaired) electrons. The summed E-state index contributed by atoms with van der Waals surface area (Å²) in [6.07, 6.45) is 0. The van der Waals surface area contributed by atoms with E-state index in [0.717, 1.165) is 12.1 Å². The summed E-state index contributed by atoms with van der Waals surface area (Å²) in [4.78, 5) is -1.21. The molecule has 0 bridgehead atoms. The molecule has 0 aliphatic carbocycles. The molecule has 0 aromatic heterocycles. The lowest BCUT2D eigenvalue weighted by molar-refractivity contribution is 0.481. The van der Waals surface area contributed by atoms with Crippen LogP contribution in [0.15, 0.2) is 46.2 Å². The van der Waals surface area contributed by atoms with E-state index in [2.05, 4.69) is 0 Å². The minimum Gasteiger partial charge on any atom is -0.225 e. The standard InChI is InChI=1S/C13H11F3N2O4S2/c14-10-5-12(16)13(6-11(10)15)24(21,22)18-7-8-1-3-9(4-2-8)23(17,19)20/h1-6,18H,7H2,(H2,17,19,20). The Morgan fingerprint density at radius 1 is 0.875 bits per heavy atom. The summed E-state index contributed by atoms with van der Waals surface area (Å²) in [7, 11) is -8.33. The van der Waals surface area contributed by atoms with E-state index < -0.39 is 42.4 Å². The van der Waals surface area contributed by atoms with Gasteiger partial charge in [-0.05, 0) is 23.8 Å². The Labute approximate surface area is 136 Å². The van der Waals surface area contributed by atoms with Crippen LogP contribution in [-0.2, 0) is 26.6 Å². The maximum absolute atomic E-state index is 13.5. The smallest absolute Gasteiger partial charge is 0.225 e. The van der Waals surface area contributed by atoms with Crippen LogP contribution in [0.2, 0.25) is 0 Å². The number of hydrogen-bond acceptors (Lipinski definition) is 4. The molecule has 0 atom stereocenters. The lowest BCUT2D eigenvalue weighted by Crippen LogP contribution is -2.24. The maximum atomic E-state index is 13.5. The Morgan fingerprint density at radius 2 is 1.42 bits per heavy atom. The second kappa shape index (κ2) is 6.51. The number of sulfonamides is 2. The van der Waals surface area contributed by atoms with E-state index in [1.54, 1.807) is 0 Å². The Morgan fingerprint density at radius 3 is 1.96 bits per heavy atom. The molecule has 2 rings (SSSR count). The average molecular weight is 380 g/mol. The van der Waals surface area contributed by atoms with Gasteiger partial charge in [0.2, 0.25) is 20.0 Å². The van der Waals surface area contributed by atoms with Gasteiger partial charge in [0.15, 0.2) is 11.6 Å². The molecule has 11 heteroatoms. The number of nitrogens with two attached hydrogens (primary N) is 1. The molecule has 2 aromatic carbocycles. The van der Waals surface area contributed by atoms with Gasteiger partial charge < -0.3 is 0 Å². The summed E-state index contributed by atoms with van der Waals surface area (Å²) in [6.45, 7) is -0.328. The van der Waals surface area contributed by atoms with E-state index in [1.807, 2.05) is 4.72 Å². The highest BCUT2D eigenvalue weighted by atomic mass is 32.2. The van der Waals surface area contributed by atoms with Crippen molar-refractivity contribution in [2.45, 2.75) is 16.3 Å². The first-order valence-electron chi connectivity index (χ1n) is 6.26. The summed E-state index contributed by atoms with van der Waals surface area (Å²) in [6, 6.07) is 5.28. The van der Waals surface area contributed by atoms with Gasteiger partial charge in [-0.3, -0.25) is 0 Å². The molecule has 0 spiro atoms. The maximum Gasteiger partial charge on any atom is 0.243 e. The normalized spacial score (nSPS) is 12.3. The molecule has 0 unspecified atom stereocenters. The Bertz CT molecular complexity index is 975. The van der Waals surface area contributed by atoms with Gasteiger partial charge in [-0.15, -0.1) is 0 Å². The molecule has 2 aromatic rings. The fourth-order valence-electron chi connectivity index (χ4n) is 1.76. The fraction of sp³-hybridized carbons (Fsp3) is 0.0769. The fourth-order valence-corrected chi connectivity index (χ4v) is 3.37. The molecule has 0 heterocycles. The van der Waals surface area contributed by atoms with Gasteiger partial charge in [0.1, 0.15) is 10.7 Å².